The molecule has 0 atom stereocenters. The monoisotopic (exact) mass is 446 g/mol. The van der Waals surface area contributed by atoms with Gasteiger partial charge in [0.1, 0.15) is 0 Å². The molecular weight excluding hydrogens is 416 g/mol. The Labute approximate surface area is 185 Å². The second kappa shape index (κ2) is 12.9. The van der Waals surface area contributed by atoms with E-state index in [1.165, 1.54) is 10.9 Å². The molecule has 0 unspecified atom stereocenters. The van der Waals surface area contributed by atoms with E-state index in [1.807, 2.05) is 24.3 Å². The van der Waals surface area contributed by atoms with Crippen LogP contribution in [0.2, 0.25) is 0 Å². The highest BCUT2D eigenvalue weighted by atomic mass is 16.6. The predicted molar refractivity (Wildman–Crippen MR) is 119 cm³/mol. The first kappa shape index (κ1) is 23.8. The number of nitrogens with zero attached hydrogens (tertiary/aromatic N) is 3. The lowest BCUT2D eigenvalue weighted by Crippen LogP contribution is -2.25. The number of ether oxygens (including phenoxy) is 4. The second-order valence-electron chi connectivity index (χ2n) is 6.96. The summed E-state index contributed by atoms with van der Waals surface area (Å²) in [5.74, 6) is 0.143. The number of imidazole rings is 1. The highest BCUT2D eigenvalue weighted by Crippen LogP contribution is 2.10. The fourth-order valence-electron chi connectivity index (χ4n) is 2.95. The number of hydrogen-bond donors (Lipinski definition) is 3. The molecule has 3 aromatic rings. The molecule has 11 nitrogen and oxygen atoms in total. The minimum Gasteiger partial charge on any atom is -0.378 e. The van der Waals surface area contributed by atoms with Gasteiger partial charge in [-0.15, -0.1) is 0 Å². The van der Waals surface area contributed by atoms with E-state index in [-0.39, 0.29) is 17.0 Å². The van der Waals surface area contributed by atoms with Crippen molar-refractivity contribution in [2.45, 2.75) is 13.2 Å². The zero-order chi connectivity index (χ0) is 22.6. The van der Waals surface area contributed by atoms with Gasteiger partial charge in [-0.2, -0.15) is 4.98 Å². The number of nitrogens with two attached hydrogens (primary N) is 2. The van der Waals surface area contributed by atoms with Gasteiger partial charge >= 0.3 is 0 Å². The fourth-order valence-corrected chi connectivity index (χ4v) is 2.95. The number of rotatable bonds is 15. The van der Waals surface area contributed by atoms with Gasteiger partial charge in [0.2, 0.25) is 5.95 Å². The van der Waals surface area contributed by atoms with E-state index in [4.69, 9.17) is 30.4 Å². The standard InChI is InChI=1S/C21H30N6O5/c22-5-6-29-7-8-30-9-10-31-11-12-32-14-17-3-1-16(2-4-17)13-27-20(28)18-19(25-15-24-18)26-21(27)23/h1-4,15H,5-14,22H2,(H2,23,26)(H,24,25). The summed E-state index contributed by atoms with van der Waals surface area (Å²) in [5, 5.41) is 0. The van der Waals surface area contributed by atoms with Crippen molar-refractivity contribution in [3.63, 3.8) is 0 Å². The number of benzene rings is 1. The zero-order valence-electron chi connectivity index (χ0n) is 18.0. The van der Waals surface area contributed by atoms with Crippen LogP contribution >= 0.6 is 0 Å². The van der Waals surface area contributed by atoms with Crippen LogP contribution in [0.4, 0.5) is 5.95 Å². The average molecular weight is 447 g/mol. The summed E-state index contributed by atoms with van der Waals surface area (Å²) in [5.41, 5.74) is 13.6. The third-order valence-corrected chi connectivity index (χ3v) is 4.58. The molecule has 174 valence electrons. The molecule has 0 spiro atoms. The van der Waals surface area contributed by atoms with Crippen LogP contribution in [0.3, 0.4) is 0 Å². The largest absolute Gasteiger partial charge is 0.378 e. The van der Waals surface area contributed by atoms with Crippen LogP contribution in [-0.4, -0.2) is 72.3 Å². The number of aromatic nitrogens is 4. The van der Waals surface area contributed by atoms with Crippen molar-refractivity contribution in [3.05, 3.63) is 52.1 Å². The smallest absolute Gasteiger partial charge is 0.283 e. The normalized spacial score (nSPS) is 11.4. The van der Waals surface area contributed by atoms with Crippen molar-refractivity contribution in [3.8, 4) is 0 Å². The first-order chi connectivity index (χ1) is 15.7. The van der Waals surface area contributed by atoms with Crippen molar-refractivity contribution >= 4 is 17.1 Å². The molecule has 0 aliphatic heterocycles. The van der Waals surface area contributed by atoms with Gasteiger partial charge in [-0.3, -0.25) is 9.36 Å². The minimum atomic E-state index is -0.272. The van der Waals surface area contributed by atoms with Gasteiger partial charge in [-0.25, -0.2) is 4.98 Å². The lowest BCUT2D eigenvalue weighted by atomic mass is 10.1. The summed E-state index contributed by atoms with van der Waals surface area (Å²) < 4.78 is 23.1. The summed E-state index contributed by atoms with van der Waals surface area (Å²) in [6, 6.07) is 7.78. The van der Waals surface area contributed by atoms with Crippen molar-refractivity contribution in [2.24, 2.45) is 5.73 Å². The number of aromatic amines is 1. The highest BCUT2D eigenvalue weighted by molar-refractivity contribution is 5.69. The maximum atomic E-state index is 12.5. The summed E-state index contributed by atoms with van der Waals surface area (Å²) in [4.78, 5) is 23.5. The SMILES string of the molecule is NCCOCCOCCOCCOCc1ccc(Cn2c(N)nc3[nH]cnc3c2=O)cc1. The van der Waals surface area contributed by atoms with Crippen LogP contribution in [0, 0.1) is 0 Å². The van der Waals surface area contributed by atoms with Gasteiger partial charge in [-0.05, 0) is 11.1 Å². The molecule has 0 fully saturated rings. The molecular formula is C21H30N6O5. The Morgan fingerprint density at radius 3 is 2.12 bits per heavy atom. The molecule has 0 saturated heterocycles. The topological polar surface area (TPSA) is 153 Å². The molecule has 2 aromatic heterocycles. The van der Waals surface area contributed by atoms with Crippen LogP contribution in [0.25, 0.3) is 11.2 Å². The Balaban J connectivity index is 1.32. The van der Waals surface area contributed by atoms with Crippen molar-refractivity contribution in [2.75, 3.05) is 58.5 Å². The third kappa shape index (κ3) is 7.11. The minimum absolute atomic E-state index is 0.143. The summed E-state index contributed by atoms with van der Waals surface area (Å²) in [6.45, 7) is 4.94. The lowest BCUT2D eigenvalue weighted by molar-refractivity contribution is -0.00335. The Morgan fingerprint density at radius 1 is 0.875 bits per heavy atom. The van der Waals surface area contributed by atoms with Gasteiger partial charge in [0.05, 0.1) is 65.7 Å². The van der Waals surface area contributed by atoms with Gasteiger partial charge in [0.15, 0.2) is 11.2 Å². The van der Waals surface area contributed by atoms with E-state index in [0.717, 1.165) is 11.1 Å². The van der Waals surface area contributed by atoms with Crippen LogP contribution in [-0.2, 0) is 32.1 Å². The summed E-state index contributed by atoms with van der Waals surface area (Å²) in [7, 11) is 0. The molecule has 0 aliphatic rings. The first-order valence-electron chi connectivity index (χ1n) is 10.5. The number of nitrogens with one attached hydrogen (secondary N) is 1. The number of H-pyrrole nitrogens is 1. The van der Waals surface area contributed by atoms with E-state index in [2.05, 4.69) is 15.0 Å². The number of nitrogen functional groups attached to an aromatic ring is 1. The van der Waals surface area contributed by atoms with E-state index in [0.29, 0.717) is 71.6 Å². The van der Waals surface area contributed by atoms with Crippen LogP contribution in [0.15, 0.2) is 35.4 Å². The number of fused-ring (bicyclic) bond motifs is 1. The molecule has 1 aromatic carbocycles. The molecule has 2 heterocycles. The Kier molecular flexibility index (Phi) is 9.60. The van der Waals surface area contributed by atoms with Gasteiger partial charge in [0.25, 0.3) is 5.56 Å². The predicted octanol–water partition coefficient (Wildman–Crippen LogP) is 0.275. The molecule has 0 aliphatic carbocycles. The van der Waals surface area contributed by atoms with E-state index in [1.54, 1.807) is 0 Å². The Morgan fingerprint density at radius 2 is 1.47 bits per heavy atom. The molecule has 0 amide bonds. The molecule has 5 N–H and O–H groups in total. The van der Waals surface area contributed by atoms with E-state index in [9.17, 15) is 4.79 Å². The Hall–Kier alpha value is -2.83. The van der Waals surface area contributed by atoms with E-state index >= 15 is 0 Å². The maximum absolute atomic E-state index is 12.5. The van der Waals surface area contributed by atoms with Crippen LogP contribution < -0.4 is 17.0 Å². The third-order valence-electron chi connectivity index (χ3n) is 4.58. The highest BCUT2D eigenvalue weighted by Gasteiger charge is 2.11. The maximum Gasteiger partial charge on any atom is 0.283 e. The molecule has 0 saturated carbocycles. The van der Waals surface area contributed by atoms with Gasteiger partial charge in [0, 0.05) is 6.54 Å². The van der Waals surface area contributed by atoms with Crippen molar-refractivity contribution in [1.82, 2.24) is 19.5 Å². The molecule has 11 heteroatoms. The van der Waals surface area contributed by atoms with Crippen LogP contribution in [0.5, 0.6) is 0 Å². The molecule has 32 heavy (non-hydrogen) atoms. The van der Waals surface area contributed by atoms with Gasteiger partial charge in [-0.1, -0.05) is 24.3 Å². The Bertz CT molecular complexity index is 1000. The zero-order valence-corrected chi connectivity index (χ0v) is 18.0. The number of anilines is 1. The van der Waals surface area contributed by atoms with Crippen LogP contribution in [0.1, 0.15) is 11.1 Å². The first-order valence-corrected chi connectivity index (χ1v) is 10.5. The fraction of sp³-hybridized carbons (Fsp3) is 0.476. The molecule has 3 rings (SSSR count). The lowest BCUT2D eigenvalue weighted by Gasteiger charge is -2.10. The second-order valence-corrected chi connectivity index (χ2v) is 6.96. The van der Waals surface area contributed by atoms with Crippen molar-refractivity contribution in [1.29, 1.82) is 0 Å². The summed E-state index contributed by atoms with van der Waals surface area (Å²) in [6.07, 6.45) is 1.43. The molecule has 0 radical (unpaired) electrons. The molecule has 0 bridgehead atoms. The average Bonchev–Trinajstić information content (AvgIpc) is 3.27. The number of hydrogen-bond acceptors (Lipinski definition) is 9. The quantitative estimate of drug-likeness (QED) is 0.279. The van der Waals surface area contributed by atoms with E-state index < -0.39 is 0 Å². The van der Waals surface area contributed by atoms with Gasteiger partial charge < -0.3 is 35.4 Å². The van der Waals surface area contributed by atoms with Crippen molar-refractivity contribution < 1.29 is 18.9 Å². The summed E-state index contributed by atoms with van der Waals surface area (Å²) >= 11 is 0.